The summed E-state index contributed by atoms with van der Waals surface area (Å²) in [6, 6.07) is 9.38. The van der Waals surface area contributed by atoms with Gasteiger partial charge >= 0.3 is 5.97 Å². The first-order chi connectivity index (χ1) is 10.9. The van der Waals surface area contributed by atoms with E-state index in [-0.39, 0.29) is 0 Å². The molecule has 6 heteroatoms. The van der Waals surface area contributed by atoms with Crippen molar-refractivity contribution < 1.29 is 9.53 Å². The lowest BCUT2D eigenvalue weighted by Crippen LogP contribution is -2.28. The lowest BCUT2D eigenvalue weighted by Gasteiger charge is -2.21. The van der Waals surface area contributed by atoms with Crippen LogP contribution in [0.4, 0.5) is 5.13 Å². The molecule has 1 aromatic carbocycles. The average Bonchev–Trinajstić information content (AvgIpc) is 3.00. The van der Waals surface area contributed by atoms with Gasteiger partial charge in [-0.05, 0) is 26.0 Å². The predicted octanol–water partition coefficient (Wildman–Crippen LogP) is 3.60. The predicted molar refractivity (Wildman–Crippen MR) is 91.1 cm³/mol. The van der Waals surface area contributed by atoms with E-state index in [1.54, 1.807) is 18.2 Å². The van der Waals surface area contributed by atoms with E-state index in [1.807, 2.05) is 31.4 Å². The van der Waals surface area contributed by atoms with Crippen LogP contribution in [0, 0.1) is 11.3 Å². The van der Waals surface area contributed by atoms with Gasteiger partial charge in [0.15, 0.2) is 5.13 Å². The van der Waals surface area contributed by atoms with Gasteiger partial charge in [-0.15, -0.1) is 11.3 Å². The molecule has 0 atom stereocenters. The van der Waals surface area contributed by atoms with Crippen LogP contribution in [-0.2, 0) is 9.53 Å². The zero-order chi connectivity index (χ0) is 16.9. The fourth-order valence-electron chi connectivity index (χ4n) is 1.84. The molecule has 2 aromatic rings. The number of nitrogens with zero attached hydrogens (tertiary/aromatic N) is 2. The van der Waals surface area contributed by atoms with E-state index in [2.05, 4.69) is 21.1 Å². The summed E-state index contributed by atoms with van der Waals surface area (Å²) in [6.07, 6.45) is 3.13. The molecule has 0 aliphatic carbocycles. The van der Waals surface area contributed by atoms with Crippen molar-refractivity contribution in [2.45, 2.75) is 19.4 Å². The van der Waals surface area contributed by atoms with E-state index in [4.69, 9.17) is 5.26 Å². The van der Waals surface area contributed by atoms with Crippen molar-refractivity contribution in [1.82, 2.24) is 4.98 Å². The first-order valence-electron chi connectivity index (χ1n) is 6.95. The van der Waals surface area contributed by atoms with Gasteiger partial charge in [-0.1, -0.05) is 18.2 Å². The van der Waals surface area contributed by atoms with Crippen molar-refractivity contribution in [2.24, 2.45) is 0 Å². The maximum atomic E-state index is 11.2. The Hall–Kier alpha value is -2.65. The molecule has 1 N–H and O–H groups in total. The van der Waals surface area contributed by atoms with E-state index in [1.165, 1.54) is 24.5 Å². The molecule has 118 valence electrons. The van der Waals surface area contributed by atoms with E-state index < -0.39 is 11.5 Å². The number of methoxy groups -OCH3 is 1. The fraction of sp³-hybridized carbons (Fsp3) is 0.235. The van der Waals surface area contributed by atoms with Crippen LogP contribution in [0.3, 0.4) is 0 Å². The number of carbonyl (C=O) groups is 1. The molecule has 1 heterocycles. The van der Waals surface area contributed by atoms with Gasteiger partial charge in [0.2, 0.25) is 0 Å². The lowest BCUT2D eigenvalue weighted by atomic mass is 10.1. The highest BCUT2D eigenvalue weighted by molar-refractivity contribution is 7.14. The Morgan fingerprint density at radius 2 is 2.09 bits per heavy atom. The molecule has 0 unspecified atom stereocenters. The van der Waals surface area contributed by atoms with Gasteiger partial charge in [0.1, 0.15) is 0 Å². The Labute approximate surface area is 139 Å². The van der Waals surface area contributed by atoms with Crippen molar-refractivity contribution in [1.29, 1.82) is 5.26 Å². The first-order valence-corrected chi connectivity index (χ1v) is 7.83. The van der Waals surface area contributed by atoms with Gasteiger partial charge in [-0.25, -0.2) is 9.78 Å². The van der Waals surface area contributed by atoms with Crippen LogP contribution in [0.25, 0.3) is 11.3 Å². The minimum Gasteiger partial charge on any atom is -0.466 e. The number of esters is 1. The van der Waals surface area contributed by atoms with Crippen molar-refractivity contribution in [2.75, 3.05) is 12.4 Å². The molecule has 0 bridgehead atoms. The molecule has 0 radical (unpaired) electrons. The van der Waals surface area contributed by atoms with Gasteiger partial charge in [0, 0.05) is 17.0 Å². The van der Waals surface area contributed by atoms with Crippen molar-refractivity contribution in [3.8, 4) is 17.3 Å². The SMILES string of the molecule is COC(=O)C=CC(C)(C)Nc1nc(-c2ccc(C#N)cc2)cs1. The average molecular weight is 327 g/mol. The van der Waals surface area contributed by atoms with E-state index in [0.29, 0.717) is 5.56 Å². The summed E-state index contributed by atoms with van der Waals surface area (Å²) in [5, 5.41) is 14.8. The Kier molecular flexibility index (Phi) is 5.14. The largest absolute Gasteiger partial charge is 0.466 e. The van der Waals surface area contributed by atoms with Gasteiger partial charge < -0.3 is 10.1 Å². The number of rotatable bonds is 5. The summed E-state index contributed by atoms with van der Waals surface area (Å²) in [4.78, 5) is 15.7. The summed E-state index contributed by atoms with van der Waals surface area (Å²) in [6.45, 7) is 3.88. The standard InChI is InChI=1S/C17H17N3O2S/c1-17(2,9-8-15(21)22-3)20-16-19-14(11-23-16)13-6-4-12(10-18)5-7-13/h4-9,11H,1-3H3,(H,19,20). The van der Waals surface area contributed by atoms with E-state index >= 15 is 0 Å². The Balaban J connectivity index is 2.11. The highest BCUT2D eigenvalue weighted by atomic mass is 32.1. The molecule has 0 aliphatic heterocycles. The number of nitriles is 1. The van der Waals surface area contributed by atoms with Crippen LogP contribution >= 0.6 is 11.3 Å². The number of benzene rings is 1. The molecule has 2 rings (SSSR count). The molecule has 0 amide bonds. The number of anilines is 1. The van der Waals surface area contributed by atoms with Crippen molar-refractivity contribution >= 4 is 22.4 Å². The highest BCUT2D eigenvalue weighted by Crippen LogP contribution is 2.27. The second kappa shape index (κ2) is 7.07. The number of hydrogen-bond acceptors (Lipinski definition) is 6. The van der Waals surface area contributed by atoms with Crippen LogP contribution in [-0.4, -0.2) is 23.6 Å². The normalized spacial score (nSPS) is 11.2. The van der Waals surface area contributed by atoms with Crippen LogP contribution in [0.2, 0.25) is 0 Å². The summed E-state index contributed by atoms with van der Waals surface area (Å²) >= 11 is 1.48. The molecule has 0 fully saturated rings. The number of thiazole rings is 1. The number of aromatic nitrogens is 1. The molecule has 0 aliphatic rings. The molecular formula is C17H17N3O2S. The molecule has 5 nitrogen and oxygen atoms in total. The monoisotopic (exact) mass is 327 g/mol. The van der Waals surface area contributed by atoms with Gasteiger partial charge in [0.05, 0.1) is 30.0 Å². The highest BCUT2D eigenvalue weighted by Gasteiger charge is 2.16. The number of ether oxygens (including phenoxy) is 1. The second-order valence-electron chi connectivity index (χ2n) is 5.43. The Bertz CT molecular complexity index is 755. The van der Waals surface area contributed by atoms with E-state index in [9.17, 15) is 4.79 Å². The van der Waals surface area contributed by atoms with Crippen LogP contribution < -0.4 is 5.32 Å². The Morgan fingerprint density at radius 3 is 2.70 bits per heavy atom. The Morgan fingerprint density at radius 1 is 1.39 bits per heavy atom. The number of carbonyl (C=O) groups excluding carboxylic acids is 1. The van der Waals surface area contributed by atoms with Crippen LogP contribution in [0.15, 0.2) is 41.8 Å². The van der Waals surface area contributed by atoms with E-state index in [0.717, 1.165) is 16.4 Å². The fourth-order valence-corrected chi connectivity index (χ4v) is 2.73. The van der Waals surface area contributed by atoms with Gasteiger partial charge in [0.25, 0.3) is 0 Å². The van der Waals surface area contributed by atoms with Gasteiger partial charge in [-0.2, -0.15) is 5.26 Å². The summed E-state index contributed by atoms with van der Waals surface area (Å²) in [7, 11) is 1.35. The molecule has 0 saturated carbocycles. The minimum absolute atomic E-state index is 0.391. The maximum absolute atomic E-state index is 11.2. The second-order valence-corrected chi connectivity index (χ2v) is 6.29. The molecule has 23 heavy (non-hydrogen) atoms. The zero-order valence-electron chi connectivity index (χ0n) is 13.2. The smallest absolute Gasteiger partial charge is 0.330 e. The lowest BCUT2D eigenvalue weighted by molar-refractivity contribution is -0.134. The third kappa shape index (κ3) is 4.66. The van der Waals surface area contributed by atoms with Crippen molar-refractivity contribution in [3.05, 3.63) is 47.4 Å². The summed E-state index contributed by atoms with van der Waals surface area (Å²) in [5.41, 5.74) is 1.98. The third-order valence-corrected chi connectivity index (χ3v) is 3.84. The molecule has 0 saturated heterocycles. The number of nitrogens with one attached hydrogen (secondary N) is 1. The third-order valence-electron chi connectivity index (χ3n) is 3.08. The molecule has 1 aromatic heterocycles. The quantitative estimate of drug-likeness (QED) is 0.671. The van der Waals surface area contributed by atoms with Crippen molar-refractivity contribution in [3.63, 3.8) is 0 Å². The summed E-state index contributed by atoms with van der Waals surface area (Å²) in [5.74, 6) is -0.391. The number of hydrogen-bond donors (Lipinski definition) is 1. The summed E-state index contributed by atoms with van der Waals surface area (Å²) < 4.78 is 4.59. The van der Waals surface area contributed by atoms with Crippen LogP contribution in [0.5, 0.6) is 0 Å². The topological polar surface area (TPSA) is 75.0 Å². The first kappa shape index (κ1) is 16.7. The molecule has 0 spiro atoms. The zero-order valence-corrected chi connectivity index (χ0v) is 14.0. The maximum Gasteiger partial charge on any atom is 0.330 e. The minimum atomic E-state index is -0.437. The molecular weight excluding hydrogens is 310 g/mol. The van der Waals surface area contributed by atoms with Gasteiger partial charge in [-0.3, -0.25) is 0 Å². The van der Waals surface area contributed by atoms with Crippen LogP contribution in [0.1, 0.15) is 19.4 Å².